The van der Waals surface area contributed by atoms with Crippen LogP contribution in [0.2, 0.25) is 0 Å². The fourth-order valence-corrected chi connectivity index (χ4v) is 2.00. The lowest BCUT2D eigenvalue weighted by Gasteiger charge is -2.21. The first-order chi connectivity index (χ1) is 9.49. The van der Waals surface area contributed by atoms with Crippen molar-refractivity contribution in [2.45, 2.75) is 12.6 Å². The van der Waals surface area contributed by atoms with Crippen LogP contribution in [0.1, 0.15) is 5.56 Å². The molecule has 0 radical (unpaired) electrons. The third kappa shape index (κ3) is 4.42. The van der Waals surface area contributed by atoms with E-state index >= 15 is 0 Å². The topological polar surface area (TPSA) is 114 Å². The molecule has 20 heavy (non-hydrogen) atoms. The van der Waals surface area contributed by atoms with Crippen molar-refractivity contribution < 1.29 is 14.8 Å². The molecule has 0 spiro atoms. The first-order valence-corrected chi connectivity index (χ1v) is 6.08. The molecule has 1 aromatic carbocycles. The summed E-state index contributed by atoms with van der Waals surface area (Å²) in [7, 11) is 3.32. The number of aliphatic hydroxyl groups is 1. The van der Waals surface area contributed by atoms with Gasteiger partial charge in [0.05, 0.1) is 17.6 Å². The molecule has 1 rings (SSSR count). The molecule has 0 amide bonds. The van der Waals surface area contributed by atoms with Crippen LogP contribution in [-0.4, -0.2) is 48.3 Å². The number of rotatable bonds is 8. The van der Waals surface area contributed by atoms with E-state index in [0.29, 0.717) is 18.7 Å². The van der Waals surface area contributed by atoms with E-state index in [4.69, 9.17) is 10.6 Å². The van der Waals surface area contributed by atoms with Crippen LogP contribution in [0.5, 0.6) is 0 Å². The maximum atomic E-state index is 10.9. The second-order valence-electron chi connectivity index (χ2n) is 4.52. The minimum atomic E-state index is -0.613. The van der Waals surface area contributed by atoms with Crippen molar-refractivity contribution in [3.05, 3.63) is 33.9 Å². The van der Waals surface area contributed by atoms with E-state index in [0.717, 1.165) is 0 Å². The molecular formula is C12H20N4O4. The van der Waals surface area contributed by atoms with E-state index in [9.17, 15) is 15.2 Å². The Morgan fingerprint density at radius 1 is 1.60 bits per heavy atom. The molecule has 1 aromatic rings. The van der Waals surface area contributed by atoms with Gasteiger partial charge in [-0.05, 0) is 12.6 Å². The van der Waals surface area contributed by atoms with Gasteiger partial charge in [0, 0.05) is 26.3 Å². The van der Waals surface area contributed by atoms with E-state index in [2.05, 4.69) is 5.43 Å². The maximum Gasteiger partial charge on any atom is 0.293 e. The Hall–Kier alpha value is -1.74. The van der Waals surface area contributed by atoms with Crippen molar-refractivity contribution in [1.29, 1.82) is 0 Å². The highest BCUT2D eigenvalue weighted by molar-refractivity contribution is 5.65. The number of methoxy groups -OCH3 is 1. The Labute approximate surface area is 117 Å². The van der Waals surface area contributed by atoms with Gasteiger partial charge < -0.3 is 15.3 Å². The van der Waals surface area contributed by atoms with Crippen molar-refractivity contribution in [2.75, 3.05) is 32.7 Å². The molecule has 0 saturated heterocycles. The third-order valence-corrected chi connectivity index (χ3v) is 2.79. The second kappa shape index (κ2) is 7.75. The average molecular weight is 284 g/mol. The number of para-hydroxylation sites is 1. The number of benzene rings is 1. The molecule has 0 aliphatic rings. The largest absolute Gasteiger partial charge is 0.389 e. The first-order valence-electron chi connectivity index (χ1n) is 6.08. The molecule has 112 valence electrons. The summed E-state index contributed by atoms with van der Waals surface area (Å²) in [4.78, 5) is 12.3. The zero-order valence-corrected chi connectivity index (χ0v) is 11.6. The number of ether oxygens (including phenoxy) is 1. The lowest BCUT2D eigenvalue weighted by molar-refractivity contribution is -0.384. The summed E-state index contributed by atoms with van der Waals surface area (Å²) < 4.78 is 4.85. The number of nitrogens with two attached hydrogens (primary N) is 1. The van der Waals surface area contributed by atoms with Gasteiger partial charge >= 0.3 is 0 Å². The van der Waals surface area contributed by atoms with Crippen LogP contribution in [0.15, 0.2) is 18.2 Å². The Balaban J connectivity index is 2.81. The van der Waals surface area contributed by atoms with Gasteiger partial charge in [0.25, 0.3) is 5.69 Å². The smallest absolute Gasteiger partial charge is 0.293 e. The molecule has 0 saturated carbocycles. The highest BCUT2D eigenvalue weighted by Crippen LogP contribution is 2.28. The lowest BCUT2D eigenvalue weighted by Crippen LogP contribution is -2.32. The number of hydrogen-bond donors (Lipinski definition) is 3. The molecule has 0 aliphatic carbocycles. The Kier molecular flexibility index (Phi) is 6.32. The van der Waals surface area contributed by atoms with Crippen LogP contribution in [0.4, 0.5) is 11.4 Å². The van der Waals surface area contributed by atoms with Gasteiger partial charge in [0.2, 0.25) is 0 Å². The van der Waals surface area contributed by atoms with E-state index in [-0.39, 0.29) is 18.0 Å². The van der Waals surface area contributed by atoms with Crippen LogP contribution in [0, 0.1) is 10.1 Å². The number of hydrazine groups is 1. The lowest BCUT2D eigenvalue weighted by atomic mass is 10.1. The van der Waals surface area contributed by atoms with E-state index in [1.807, 2.05) is 4.90 Å². The van der Waals surface area contributed by atoms with Crippen molar-refractivity contribution in [2.24, 2.45) is 5.84 Å². The highest BCUT2D eigenvalue weighted by atomic mass is 16.6. The molecule has 8 nitrogen and oxygen atoms in total. The zero-order valence-electron chi connectivity index (χ0n) is 11.6. The quantitative estimate of drug-likeness (QED) is 0.358. The molecular weight excluding hydrogens is 264 g/mol. The van der Waals surface area contributed by atoms with Crippen LogP contribution in [-0.2, 0) is 11.3 Å². The van der Waals surface area contributed by atoms with Gasteiger partial charge in [-0.1, -0.05) is 12.1 Å². The van der Waals surface area contributed by atoms with Crippen molar-refractivity contribution in [3.63, 3.8) is 0 Å². The first kappa shape index (κ1) is 16.3. The molecule has 1 atom stereocenters. The van der Waals surface area contributed by atoms with Crippen LogP contribution >= 0.6 is 0 Å². The number of aliphatic hydroxyl groups excluding tert-OH is 1. The number of nitro groups is 1. The summed E-state index contributed by atoms with van der Waals surface area (Å²) in [5, 5.41) is 20.6. The number of likely N-dealkylation sites (N-methyl/N-ethyl adjacent to an activating group) is 1. The Bertz CT molecular complexity index is 455. The summed E-state index contributed by atoms with van der Waals surface area (Å²) in [6, 6.07) is 4.74. The summed E-state index contributed by atoms with van der Waals surface area (Å²) in [6.07, 6.45) is -0.613. The molecule has 4 N–H and O–H groups in total. The average Bonchev–Trinajstić information content (AvgIpc) is 2.38. The summed E-state index contributed by atoms with van der Waals surface area (Å²) >= 11 is 0. The molecule has 0 aliphatic heterocycles. The number of anilines is 1. The standard InChI is InChI=1S/C12H20N4O4/c1-15(7-10(17)8-20-2)6-9-4-3-5-11(16(18)19)12(9)14-13/h3-5,10,14,17H,6-8,13H2,1-2H3. The highest BCUT2D eigenvalue weighted by Gasteiger charge is 2.18. The Morgan fingerprint density at radius 3 is 2.85 bits per heavy atom. The summed E-state index contributed by atoms with van der Waals surface area (Å²) in [6.45, 7) is 1.05. The molecule has 1 unspecified atom stereocenters. The zero-order chi connectivity index (χ0) is 15.1. The SMILES string of the molecule is COCC(O)CN(C)Cc1cccc([N+](=O)[O-])c1NN. The second-order valence-corrected chi connectivity index (χ2v) is 4.52. The monoisotopic (exact) mass is 284 g/mol. The fourth-order valence-electron chi connectivity index (χ4n) is 2.00. The van der Waals surface area contributed by atoms with Crippen molar-refractivity contribution >= 4 is 11.4 Å². The number of nitrogens with zero attached hydrogens (tertiary/aromatic N) is 2. The van der Waals surface area contributed by atoms with E-state index in [1.54, 1.807) is 19.2 Å². The maximum absolute atomic E-state index is 10.9. The number of nitro benzene ring substituents is 1. The number of nitrogen functional groups attached to an aromatic ring is 1. The normalized spacial score (nSPS) is 12.4. The molecule has 0 aromatic heterocycles. The Morgan fingerprint density at radius 2 is 2.30 bits per heavy atom. The minimum Gasteiger partial charge on any atom is -0.389 e. The fraction of sp³-hybridized carbons (Fsp3) is 0.500. The van der Waals surface area contributed by atoms with Gasteiger partial charge in [-0.3, -0.25) is 20.9 Å². The van der Waals surface area contributed by atoms with Gasteiger partial charge in [-0.2, -0.15) is 0 Å². The van der Waals surface area contributed by atoms with Gasteiger partial charge in [-0.15, -0.1) is 0 Å². The number of nitrogens with one attached hydrogen (secondary N) is 1. The predicted molar refractivity (Wildman–Crippen MR) is 75.1 cm³/mol. The van der Waals surface area contributed by atoms with E-state index < -0.39 is 11.0 Å². The summed E-state index contributed by atoms with van der Waals surface area (Å²) in [5.41, 5.74) is 3.27. The van der Waals surface area contributed by atoms with Gasteiger partial charge in [0.1, 0.15) is 5.69 Å². The molecule has 0 heterocycles. The van der Waals surface area contributed by atoms with Crippen LogP contribution < -0.4 is 11.3 Å². The van der Waals surface area contributed by atoms with Crippen LogP contribution in [0.3, 0.4) is 0 Å². The third-order valence-electron chi connectivity index (χ3n) is 2.79. The number of hydrogen-bond acceptors (Lipinski definition) is 7. The molecule has 0 bridgehead atoms. The van der Waals surface area contributed by atoms with Gasteiger partial charge in [0.15, 0.2) is 0 Å². The summed E-state index contributed by atoms with van der Waals surface area (Å²) in [5.74, 6) is 5.37. The molecule has 0 fully saturated rings. The van der Waals surface area contributed by atoms with Crippen molar-refractivity contribution in [3.8, 4) is 0 Å². The van der Waals surface area contributed by atoms with Gasteiger partial charge in [-0.25, -0.2) is 0 Å². The minimum absolute atomic E-state index is 0.0733. The van der Waals surface area contributed by atoms with Crippen LogP contribution in [0.25, 0.3) is 0 Å². The predicted octanol–water partition coefficient (Wildman–Crippen LogP) is 0.319. The van der Waals surface area contributed by atoms with Crippen molar-refractivity contribution in [1.82, 2.24) is 4.90 Å². The molecule has 8 heteroatoms. The van der Waals surface area contributed by atoms with E-state index in [1.165, 1.54) is 13.2 Å².